The van der Waals surface area contributed by atoms with E-state index in [1.165, 1.54) is 77.3 Å². The van der Waals surface area contributed by atoms with Crippen LogP contribution in [0.25, 0.3) is 0 Å². The van der Waals surface area contributed by atoms with Crippen LogP contribution in [0.4, 0.5) is 0 Å². The van der Waals surface area contributed by atoms with E-state index in [0.29, 0.717) is 0 Å². The van der Waals surface area contributed by atoms with Gasteiger partial charge in [-0.15, -0.1) is 0 Å². The molecule has 0 aromatic heterocycles. The normalized spacial score (nSPS) is 34.2. The fourth-order valence-corrected chi connectivity index (χ4v) is 3.52. The molecule has 1 aliphatic heterocycles. The molecule has 0 bridgehead atoms. The first-order valence-electron chi connectivity index (χ1n) is 8.31. The Morgan fingerprint density at radius 2 is 1.94 bits per heavy atom. The van der Waals surface area contributed by atoms with E-state index in [-0.39, 0.29) is 0 Å². The van der Waals surface area contributed by atoms with Crippen LogP contribution in [0.1, 0.15) is 71.1 Å². The molecule has 2 nitrogen and oxygen atoms in total. The lowest BCUT2D eigenvalue weighted by atomic mass is 10.0. The molecule has 0 radical (unpaired) electrons. The average molecular weight is 252 g/mol. The molecule has 1 saturated carbocycles. The highest BCUT2D eigenvalue weighted by atomic mass is 14.9. The SMILES string of the molecule is CC1CCCC(NCCCC2CCCCN2)CC1. The Labute approximate surface area is 113 Å². The number of nitrogens with one attached hydrogen (secondary N) is 2. The summed E-state index contributed by atoms with van der Waals surface area (Å²) in [5.74, 6) is 0.961. The van der Waals surface area contributed by atoms with Crippen molar-refractivity contribution in [2.24, 2.45) is 5.92 Å². The van der Waals surface area contributed by atoms with Gasteiger partial charge in [0, 0.05) is 12.1 Å². The van der Waals surface area contributed by atoms with Crippen LogP contribution >= 0.6 is 0 Å². The predicted octanol–water partition coefficient (Wildman–Crippen LogP) is 3.47. The van der Waals surface area contributed by atoms with Crippen LogP contribution in [0, 0.1) is 5.92 Å². The van der Waals surface area contributed by atoms with Crippen LogP contribution < -0.4 is 10.6 Å². The molecule has 2 heteroatoms. The lowest BCUT2D eigenvalue weighted by Crippen LogP contribution is -2.35. The summed E-state index contributed by atoms with van der Waals surface area (Å²) in [6.45, 7) is 4.90. The van der Waals surface area contributed by atoms with Gasteiger partial charge in [0.05, 0.1) is 0 Å². The summed E-state index contributed by atoms with van der Waals surface area (Å²) >= 11 is 0. The van der Waals surface area contributed by atoms with E-state index < -0.39 is 0 Å². The molecule has 0 amide bonds. The summed E-state index contributed by atoms with van der Waals surface area (Å²) in [6.07, 6.45) is 14.1. The Morgan fingerprint density at radius 3 is 2.78 bits per heavy atom. The summed E-state index contributed by atoms with van der Waals surface area (Å²) in [4.78, 5) is 0. The van der Waals surface area contributed by atoms with Crippen molar-refractivity contribution < 1.29 is 0 Å². The quantitative estimate of drug-likeness (QED) is 0.578. The monoisotopic (exact) mass is 252 g/mol. The van der Waals surface area contributed by atoms with E-state index in [4.69, 9.17) is 0 Å². The molecule has 3 unspecified atom stereocenters. The van der Waals surface area contributed by atoms with Crippen LogP contribution in [0.5, 0.6) is 0 Å². The van der Waals surface area contributed by atoms with Crippen molar-refractivity contribution in [3.05, 3.63) is 0 Å². The van der Waals surface area contributed by atoms with Gasteiger partial charge in [0.2, 0.25) is 0 Å². The van der Waals surface area contributed by atoms with Crippen LogP contribution in [0.15, 0.2) is 0 Å². The van der Waals surface area contributed by atoms with Crippen LogP contribution in [-0.4, -0.2) is 25.2 Å². The van der Waals surface area contributed by atoms with Gasteiger partial charge in [0.15, 0.2) is 0 Å². The molecule has 18 heavy (non-hydrogen) atoms. The van der Waals surface area contributed by atoms with E-state index in [2.05, 4.69) is 17.6 Å². The molecule has 2 fully saturated rings. The standard InChI is InChI=1S/C16H32N2/c1-14-6-4-8-16(11-10-14)18-13-5-9-15-7-2-3-12-17-15/h14-18H,2-13H2,1H3. The first kappa shape index (κ1) is 14.3. The molecule has 106 valence electrons. The third-order valence-corrected chi connectivity index (χ3v) is 4.83. The molecule has 1 aliphatic carbocycles. The second-order valence-electron chi connectivity index (χ2n) is 6.55. The van der Waals surface area contributed by atoms with Gasteiger partial charge in [-0.2, -0.15) is 0 Å². The molecule has 3 atom stereocenters. The second kappa shape index (κ2) is 8.16. The number of rotatable bonds is 5. The van der Waals surface area contributed by atoms with E-state index in [0.717, 1.165) is 18.0 Å². The third kappa shape index (κ3) is 5.27. The Morgan fingerprint density at radius 1 is 1.00 bits per heavy atom. The topological polar surface area (TPSA) is 24.1 Å². The molecule has 2 aliphatic rings. The van der Waals surface area contributed by atoms with Crippen LogP contribution in [-0.2, 0) is 0 Å². The van der Waals surface area contributed by atoms with Gasteiger partial charge in [-0.1, -0.05) is 26.2 Å². The summed E-state index contributed by atoms with van der Waals surface area (Å²) in [5.41, 5.74) is 0. The molecule has 2 rings (SSSR count). The van der Waals surface area contributed by atoms with Gasteiger partial charge in [-0.05, 0) is 64.0 Å². The van der Waals surface area contributed by atoms with Gasteiger partial charge in [0.1, 0.15) is 0 Å². The zero-order valence-electron chi connectivity index (χ0n) is 12.2. The highest BCUT2D eigenvalue weighted by Crippen LogP contribution is 2.22. The predicted molar refractivity (Wildman–Crippen MR) is 78.9 cm³/mol. The highest BCUT2D eigenvalue weighted by Gasteiger charge is 2.16. The zero-order valence-corrected chi connectivity index (χ0v) is 12.2. The third-order valence-electron chi connectivity index (χ3n) is 4.83. The van der Waals surface area contributed by atoms with E-state index in [1.54, 1.807) is 0 Å². The fourth-order valence-electron chi connectivity index (χ4n) is 3.52. The highest BCUT2D eigenvalue weighted by molar-refractivity contribution is 4.75. The van der Waals surface area contributed by atoms with Crippen molar-refractivity contribution >= 4 is 0 Å². The molecule has 1 saturated heterocycles. The zero-order chi connectivity index (χ0) is 12.6. The molecular formula is C16H32N2. The fraction of sp³-hybridized carbons (Fsp3) is 1.00. The van der Waals surface area contributed by atoms with Crippen LogP contribution in [0.2, 0.25) is 0 Å². The van der Waals surface area contributed by atoms with E-state index >= 15 is 0 Å². The smallest absolute Gasteiger partial charge is 0.00675 e. The molecule has 2 N–H and O–H groups in total. The Kier molecular flexibility index (Phi) is 6.50. The van der Waals surface area contributed by atoms with Gasteiger partial charge in [0.25, 0.3) is 0 Å². The number of piperidine rings is 1. The van der Waals surface area contributed by atoms with Crippen molar-refractivity contribution in [1.29, 1.82) is 0 Å². The Balaban J connectivity index is 1.51. The van der Waals surface area contributed by atoms with Crippen molar-refractivity contribution in [2.45, 2.75) is 83.2 Å². The average Bonchev–Trinajstić information content (AvgIpc) is 2.61. The minimum absolute atomic E-state index is 0.814. The summed E-state index contributed by atoms with van der Waals surface area (Å²) in [5, 5.41) is 7.44. The van der Waals surface area contributed by atoms with Crippen molar-refractivity contribution in [3.63, 3.8) is 0 Å². The number of hydrogen-bond acceptors (Lipinski definition) is 2. The maximum Gasteiger partial charge on any atom is 0.00675 e. The molecule has 0 aromatic carbocycles. The second-order valence-corrected chi connectivity index (χ2v) is 6.55. The Bertz CT molecular complexity index is 211. The van der Waals surface area contributed by atoms with Crippen LogP contribution in [0.3, 0.4) is 0 Å². The molecule has 1 heterocycles. The van der Waals surface area contributed by atoms with E-state index in [1.807, 2.05) is 0 Å². The summed E-state index contributed by atoms with van der Waals surface area (Å²) < 4.78 is 0. The van der Waals surface area contributed by atoms with Crippen molar-refractivity contribution in [1.82, 2.24) is 10.6 Å². The maximum atomic E-state index is 3.79. The minimum Gasteiger partial charge on any atom is -0.314 e. The Hall–Kier alpha value is -0.0800. The van der Waals surface area contributed by atoms with Gasteiger partial charge in [-0.25, -0.2) is 0 Å². The van der Waals surface area contributed by atoms with Gasteiger partial charge >= 0.3 is 0 Å². The maximum absolute atomic E-state index is 3.79. The van der Waals surface area contributed by atoms with Crippen molar-refractivity contribution in [3.8, 4) is 0 Å². The minimum atomic E-state index is 0.814. The summed E-state index contributed by atoms with van der Waals surface area (Å²) in [6, 6.07) is 1.63. The first-order valence-corrected chi connectivity index (χ1v) is 8.31. The lowest BCUT2D eigenvalue weighted by molar-refractivity contribution is 0.364. The van der Waals surface area contributed by atoms with Gasteiger partial charge in [-0.3, -0.25) is 0 Å². The van der Waals surface area contributed by atoms with E-state index in [9.17, 15) is 0 Å². The summed E-state index contributed by atoms with van der Waals surface area (Å²) in [7, 11) is 0. The van der Waals surface area contributed by atoms with Crippen molar-refractivity contribution in [2.75, 3.05) is 13.1 Å². The lowest BCUT2D eigenvalue weighted by Gasteiger charge is -2.24. The largest absolute Gasteiger partial charge is 0.314 e. The molecule has 0 aromatic rings. The molecule has 0 spiro atoms. The van der Waals surface area contributed by atoms with Gasteiger partial charge < -0.3 is 10.6 Å². The molecular weight excluding hydrogens is 220 g/mol. The first-order chi connectivity index (χ1) is 8.84. The number of hydrogen-bond donors (Lipinski definition) is 2.